The van der Waals surface area contributed by atoms with E-state index in [1.165, 1.54) is 21.7 Å². The number of hydrogen-bond acceptors (Lipinski definition) is 8. The minimum absolute atomic E-state index is 0.100. The van der Waals surface area contributed by atoms with Gasteiger partial charge in [0, 0.05) is 26.2 Å². The van der Waals surface area contributed by atoms with Gasteiger partial charge in [0.25, 0.3) is 10.0 Å². The van der Waals surface area contributed by atoms with E-state index in [2.05, 4.69) is 0 Å². The lowest BCUT2D eigenvalue weighted by molar-refractivity contribution is -0.123. The van der Waals surface area contributed by atoms with Crippen molar-refractivity contribution in [2.75, 3.05) is 52.3 Å². The number of ether oxygens (including phenoxy) is 1. The van der Waals surface area contributed by atoms with E-state index >= 15 is 0 Å². The van der Waals surface area contributed by atoms with Crippen LogP contribution >= 0.6 is 34.3 Å². The average Bonchev–Trinajstić information content (AvgIpc) is 3.45. The van der Waals surface area contributed by atoms with Gasteiger partial charge in [0.05, 0.1) is 27.6 Å². The van der Waals surface area contributed by atoms with E-state index in [-0.39, 0.29) is 16.7 Å². The molecule has 0 saturated carbocycles. The van der Waals surface area contributed by atoms with Crippen molar-refractivity contribution >= 4 is 65.6 Å². The SMILES string of the molecule is COc1ccc2nc(N(CCN(C)C)C(=O)C3CCCN(S(=O)(=O)c4ccc(Cl)s4)C3)sc2c1. The van der Waals surface area contributed by atoms with Gasteiger partial charge in [-0.1, -0.05) is 22.9 Å². The van der Waals surface area contributed by atoms with Crippen molar-refractivity contribution in [2.24, 2.45) is 5.92 Å². The Morgan fingerprint density at radius 3 is 2.71 bits per heavy atom. The van der Waals surface area contributed by atoms with Gasteiger partial charge in [0.15, 0.2) is 5.13 Å². The van der Waals surface area contributed by atoms with Gasteiger partial charge in [-0.15, -0.1) is 11.3 Å². The Labute approximate surface area is 212 Å². The van der Waals surface area contributed by atoms with Crippen LogP contribution in [0.1, 0.15) is 12.8 Å². The molecule has 4 rings (SSSR count). The molecule has 1 aliphatic heterocycles. The topological polar surface area (TPSA) is 83.1 Å². The van der Waals surface area contributed by atoms with Crippen LogP contribution in [0.2, 0.25) is 4.34 Å². The maximum absolute atomic E-state index is 13.7. The maximum atomic E-state index is 13.7. The van der Waals surface area contributed by atoms with Crippen LogP contribution in [0.4, 0.5) is 5.13 Å². The van der Waals surface area contributed by atoms with Crippen LogP contribution in [0.3, 0.4) is 0 Å². The van der Waals surface area contributed by atoms with E-state index in [1.807, 2.05) is 37.2 Å². The molecule has 12 heteroatoms. The Hall–Kier alpha value is -1.76. The highest BCUT2D eigenvalue weighted by atomic mass is 35.5. The van der Waals surface area contributed by atoms with Crippen LogP contribution in [-0.2, 0) is 14.8 Å². The zero-order valence-electron chi connectivity index (χ0n) is 19.2. The number of aromatic nitrogens is 1. The molecule has 3 heterocycles. The van der Waals surface area contributed by atoms with E-state index < -0.39 is 15.9 Å². The summed E-state index contributed by atoms with van der Waals surface area (Å²) in [7, 11) is 1.83. The summed E-state index contributed by atoms with van der Waals surface area (Å²) in [5, 5.41) is 0.611. The summed E-state index contributed by atoms with van der Waals surface area (Å²) in [5.41, 5.74) is 0.797. The fraction of sp³-hybridized carbons (Fsp3) is 0.455. The molecule has 1 unspecified atom stereocenters. The molecule has 1 aromatic carbocycles. The van der Waals surface area contributed by atoms with Gasteiger partial charge < -0.3 is 9.64 Å². The molecule has 0 N–H and O–H groups in total. The minimum Gasteiger partial charge on any atom is -0.497 e. The molecule has 0 aliphatic carbocycles. The van der Waals surface area contributed by atoms with Crippen molar-refractivity contribution in [2.45, 2.75) is 17.1 Å². The number of benzene rings is 1. The number of carbonyl (C=O) groups excluding carboxylic acids is 1. The number of rotatable bonds is 8. The molecule has 8 nitrogen and oxygen atoms in total. The molecule has 0 bridgehead atoms. The molecular formula is C22H27ClN4O4S3. The normalized spacial score (nSPS) is 17.4. The van der Waals surface area contributed by atoms with Crippen molar-refractivity contribution in [3.05, 3.63) is 34.7 Å². The summed E-state index contributed by atoms with van der Waals surface area (Å²) in [5.74, 6) is 0.190. The van der Waals surface area contributed by atoms with Crippen LogP contribution in [0, 0.1) is 5.92 Å². The molecule has 1 aliphatic rings. The summed E-state index contributed by atoms with van der Waals surface area (Å²) in [4.78, 5) is 22.2. The zero-order chi connectivity index (χ0) is 24.5. The largest absolute Gasteiger partial charge is 0.497 e. The number of likely N-dealkylation sites (N-methyl/N-ethyl adjacent to an activating group) is 1. The zero-order valence-corrected chi connectivity index (χ0v) is 22.4. The predicted molar refractivity (Wildman–Crippen MR) is 138 cm³/mol. The van der Waals surface area contributed by atoms with Gasteiger partial charge in [-0.3, -0.25) is 9.69 Å². The summed E-state index contributed by atoms with van der Waals surface area (Å²) < 4.78 is 34.5. The summed E-state index contributed by atoms with van der Waals surface area (Å²) in [6, 6.07) is 8.73. The Balaban J connectivity index is 1.60. The van der Waals surface area contributed by atoms with Crippen molar-refractivity contribution in [1.29, 1.82) is 0 Å². The number of piperidine rings is 1. The monoisotopic (exact) mass is 542 g/mol. The second-order valence-electron chi connectivity index (χ2n) is 8.38. The first-order valence-electron chi connectivity index (χ1n) is 10.8. The number of thiophene rings is 1. The third-order valence-corrected chi connectivity index (χ3v) is 10.3. The average molecular weight is 543 g/mol. The van der Waals surface area contributed by atoms with Crippen LogP contribution in [0.15, 0.2) is 34.5 Å². The predicted octanol–water partition coefficient (Wildman–Crippen LogP) is 4.02. The quantitative estimate of drug-likeness (QED) is 0.427. The van der Waals surface area contributed by atoms with Gasteiger partial charge in [0.1, 0.15) is 9.96 Å². The van der Waals surface area contributed by atoms with E-state index in [4.69, 9.17) is 21.3 Å². The number of fused-ring (bicyclic) bond motifs is 1. The number of amides is 1. The summed E-state index contributed by atoms with van der Waals surface area (Å²) in [6.07, 6.45) is 1.25. The fourth-order valence-electron chi connectivity index (χ4n) is 3.88. The van der Waals surface area contributed by atoms with E-state index in [9.17, 15) is 13.2 Å². The molecule has 1 fully saturated rings. The van der Waals surface area contributed by atoms with E-state index in [0.29, 0.717) is 41.9 Å². The maximum Gasteiger partial charge on any atom is 0.252 e. The van der Waals surface area contributed by atoms with Gasteiger partial charge in [-0.05, 0) is 57.3 Å². The standard InChI is InChI=1S/C22H27ClN4O4S3/c1-25(2)11-12-27(22-24-17-7-6-16(31-3)13-18(17)32-22)21(28)15-5-4-10-26(14-15)34(29,30)20-9-8-19(23)33-20/h6-9,13,15H,4-5,10-12,14H2,1-3H3. The Morgan fingerprint density at radius 2 is 2.03 bits per heavy atom. The number of anilines is 1. The smallest absolute Gasteiger partial charge is 0.252 e. The second kappa shape index (κ2) is 10.5. The molecule has 2 aromatic heterocycles. The molecule has 0 radical (unpaired) electrons. The van der Waals surface area contributed by atoms with Gasteiger partial charge >= 0.3 is 0 Å². The minimum atomic E-state index is -3.69. The van der Waals surface area contributed by atoms with E-state index in [1.54, 1.807) is 18.1 Å². The molecule has 0 spiro atoms. The Morgan fingerprint density at radius 1 is 1.24 bits per heavy atom. The molecular weight excluding hydrogens is 516 g/mol. The van der Waals surface area contributed by atoms with Gasteiger partial charge in [0.2, 0.25) is 5.91 Å². The van der Waals surface area contributed by atoms with Gasteiger partial charge in [-0.25, -0.2) is 13.4 Å². The van der Waals surface area contributed by atoms with Gasteiger partial charge in [-0.2, -0.15) is 4.31 Å². The van der Waals surface area contributed by atoms with Crippen molar-refractivity contribution in [3.8, 4) is 5.75 Å². The molecule has 3 aromatic rings. The fourth-order valence-corrected chi connectivity index (χ4v) is 8.07. The van der Waals surface area contributed by atoms with Crippen LogP contribution < -0.4 is 9.64 Å². The lowest BCUT2D eigenvalue weighted by atomic mass is 9.98. The van der Waals surface area contributed by atoms with Crippen LogP contribution in [0.5, 0.6) is 5.75 Å². The molecule has 34 heavy (non-hydrogen) atoms. The number of carbonyl (C=O) groups is 1. The third-order valence-electron chi connectivity index (χ3n) is 5.73. The number of methoxy groups -OCH3 is 1. The van der Waals surface area contributed by atoms with Crippen LogP contribution in [-0.4, -0.2) is 75.9 Å². The van der Waals surface area contributed by atoms with Crippen molar-refractivity contribution in [1.82, 2.24) is 14.2 Å². The molecule has 1 amide bonds. The molecule has 184 valence electrons. The van der Waals surface area contributed by atoms with Crippen molar-refractivity contribution < 1.29 is 17.9 Å². The molecule has 1 atom stereocenters. The number of thiazole rings is 1. The van der Waals surface area contributed by atoms with Crippen molar-refractivity contribution in [3.63, 3.8) is 0 Å². The van der Waals surface area contributed by atoms with E-state index in [0.717, 1.165) is 27.3 Å². The number of nitrogens with zero attached hydrogens (tertiary/aromatic N) is 4. The second-order valence-corrected chi connectivity index (χ2v) is 13.3. The summed E-state index contributed by atoms with van der Waals surface area (Å²) in [6.45, 7) is 1.66. The highest BCUT2D eigenvalue weighted by molar-refractivity contribution is 7.91. The van der Waals surface area contributed by atoms with Crippen LogP contribution in [0.25, 0.3) is 10.2 Å². The number of sulfonamides is 1. The first-order valence-corrected chi connectivity index (χ1v) is 14.3. The highest BCUT2D eigenvalue weighted by Crippen LogP contribution is 2.34. The first kappa shape index (κ1) is 25.3. The first-order chi connectivity index (χ1) is 16.2. The lowest BCUT2D eigenvalue weighted by Crippen LogP contribution is -2.48. The summed E-state index contributed by atoms with van der Waals surface area (Å²) >= 11 is 8.43. The Bertz CT molecular complexity index is 1270. The molecule has 1 saturated heterocycles. The lowest BCUT2D eigenvalue weighted by Gasteiger charge is -2.33. The number of halogens is 1. The third kappa shape index (κ3) is 5.39. The Kier molecular flexibility index (Phi) is 7.80. The number of hydrogen-bond donors (Lipinski definition) is 0. The highest BCUT2D eigenvalue weighted by Gasteiger charge is 2.36.